The number of hydrogen-bond acceptors (Lipinski definition) is 5. The average molecular weight is 293 g/mol. The number of benzene rings is 1. The molecule has 116 valence electrons. The minimum atomic E-state index is -0.411. The Morgan fingerprint density at radius 3 is 2.62 bits per heavy atom. The van der Waals surface area contributed by atoms with Gasteiger partial charge in [0.25, 0.3) is 5.69 Å². The summed E-state index contributed by atoms with van der Waals surface area (Å²) in [6.45, 7) is 7.02. The summed E-state index contributed by atoms with van der Waals surface area (Å²) in [7, 11) is 0. The van der Waals surface area contributed by atoms with E-state index in [1.54, 1.807) is 12.1 Å². The van der Waals surface area contributed by atoms with E-state index in [0.29, 0.717) is 18.4 Å². The fraction of sp³-hybridized carbons (Fsp3) is 0.600. The monoisotopic (exact) mass is 293 g/mol. The Balaban J connectivity index is 1.61. The molecule has 1 N–H and O–H groups in total. The first-order valence-corrected chi connectivity index (χ1v) is 7.48. The molecule has 1 unspecified atom stereocenters. The number of hydrogen-bond donors (Lipinski definition) is 1. The van der Waals surface area contributed by atoms with E-state index in [1.165, 1.54) is 38.1 Å². The molecule has 1 aliphatic heterocycles. The molecule has 0 radical (unpaired) electrons. The van der Waals surface area contributed by atoms with Gasteiger partial charge in [0.15, 0.2) is 0 Å². The highest BCUT2D eigenvalue weighted by molar-refractivity contribution is 5.35. The summed E-state index contributed by atoms with van der Waals surface area (Å²) in [5.74, 6) is 0.662. The number of nitrogens with one attached hydrogen (secondary N) is 1. The summed E-state index contributed by atoms with van der Waals surface area (Å²) in [4.78, 5) is 12.6. The second-order valence-corrected chi connectivity index (χ2v) is 5.46. The molecule has 6 nitrogen and oxygen atoms in total. The van der Waals surface area contributed by atoms with Gasteiger partial charge in [-0.2, -0.15) is 0 Å². The Morgan fingerprint density at radius 2 is 2.00 bits per heavy atom. The molecule has 1 aromatic carbocycles. The van der Waals surface area contributed by atoms with E-state index in [-0.39, 0.29) is 5.69 Å². The predicted octanol–water partition coefficient (Wildman–Crippen LogP) is 2.05. The van der Waals surface area contributed by atoms with Crippen molar-refractivity contribution in [3.63, 3.8) is 0 Å². The van der Waals surface area contributed by atoms with Crippen LogP contribution in [0.2, 0.25) is 0 Å². The Kier molecular flexibility index (Phi) is 5.95. The van der Waals surface area contributed by atoms with Crippen LogP contribution in [-0.2, 0) is 0 Å². The van der Waals surface area contributed by atoms with Gasteiger partial charge in [-0.05, 0) is 45.0 Å². The van der Waals surface area contributed by atoms with Gasteiger partial charge in [0.2, 0.25) is 0 Å². The van der Waals surface area contributed by atoms with Crippen LogP contribution >= 0.6 is 0 Å². The van der Waals surface area contributed by atoms with E-state index in [2.05, 4.69) is 17.1 Å². The van der Waals surface area contributed by atoms with E-state index in [0.717, 1.165) is 13.1 Å². The molecule has 21 heavy (non-hydrogen) atoms. The van der Waals surface area contributed by atoms with E-state index in [9.17, 15) is 10.1 Å². The normalized spacial score (nSPS) is 16.8. The molecule has 1 saturated heterocycles. The maximum absolute atomic E-state index is 10.5. The molecule has 0 aliphatic carbocycles. The summed E-state index contributed by atoms with van der Waals surface area (Å²) in [5.41, 5.74) is 0.0831. The molecule has 2 rings (SSSR count). The Hall–Kier alpha value is -1.66. The van der Waals surface area contributed by atoms with Crippen molar-refractivity contribution in [3.05, 3.63) is 34.4 Å². The number of ether oxygens (including phenoxy) is 1. The molecule has 0 aromatic heterocycles. The fourth-order valence-electron chi connectivity index (χ4n) is 2.56. The SMILES string of the molecule is CC(CN1CCCC1)NCCOc1ccc([N+](=O)[O-])cc1. The quantitative estimate of drug-likeness (QED) is 0.451. The Morgan fingerprint density at radius 1 is 1.33 bits per heavy atom. The van der Waals surface area contributed by atoms with E-state index < -0.39 is 4.92 Å². The topological polar surface area (TPSA) is 67.6 Å². The van der Waals surface area contributed by atoms with Crippen molar-refractivity contribution in [3.8, 4) is 5.75 Å². The number of rotatable bonds is 8. The van der Waals surface area contributed by atoms with Crippen molar-refractivity contribution in [1.82, 2.24) is 10.2 Å². The first-order chi connectivity index (χ1) is 10.1. The zero-order valence-electron chi connectivity index (χ0n) is 12.5. The predicted molar refractivity (Wildman–Crippen MR) is 81.7 cm³/mol. The summed E-state index contributed by atoms with van der Waals surface area (Å²) < 4.78 is 5.56. The highest BCUT2D eigenvalue weighted by Gasteiger charge is 2.13. The maximum atomic E-state index is 10.5. The third-order valence-corrected chi connectivity index (χ3v) is 3.64. The van der Waals surface area contributed by atoms with Gasteiger partial charge in [0.1, 0.15) is 12.4 Å². The number of nitro benzene ring substituents is 1. The van der Waals surface area contributed by atoms with Crippen molar-refractivity contribution in [2.24, 2.45) is 0 Å². The smallest absolute Gasteiger partial charge is 0.269 e. The third kappa shape index (κ3) is 5.32. The molecular weight excluding hydrogens is 270 g/mol. The average Bonchev–Trinajstić information content (AvgIpc) is 2.97. The molecule has 0 bridgehead atoms. The van der Waals surface area contributed by atoms with Gasteiger partial charge in [-0.1, -0.05) is 0 Å². The largest absolute Gasteiger partial charge is 0.492 e. The number of likely N-dealkylation sites (tertiary alicyclic amines) is 1. The van der Waals surface area contributed by atoms with Crippen LogP contribution in [0.25, 0.3) is 0 Å². The highest BCUT2D eigenvalue weighted by atomic mass is 16.6. The second-order valence-electron chi connectivity index (χ2n) is 5.46. The van der Waals surface area contributed by atoms with Gasteiger partial charge < -0.3 is 15.0 Å². The first kappa shape index (κ1) is 15.7. The number of non-ortho nitro benzene ring substituents is 1. The van der Waals surface area contributed by atoms with Crippen molar-refractivity contribution < 1.29 is 9.66 Å². The minimum absolute atomic E-state index is 0.0831. The minimum Gasteiger partial charge on any atom is -0.492 e. The molecule has 0 spiro atoms. The molecule has 1 aliphatic rings. The lowest BCUT2D eigenvalue weighted by Crippen LogP contribution is -2.39. The summed E-state index contributed by atoms with van der Waals surface area (Å²) in [5, 5.41) is 14.0. The molecule has 1 fully saturated rings. The summed E-state index contributed by atoms with van der Waals surface area (Å²) >= 11 is 0. The maximum Gasteiger partial charge on any atom is 0.269 e. The van der Waals surface area contributed by atoms with Crippen molar-refractivity contribution >= 4 is 5.69 Å². The van der Waals surface area contributed by atoms with Crippen molar-refractivity contribution in [2.75, 3.05) is 32.8 Å². The Bertz CT molecular complexity index is 444. The van der Waals surface area contributed by atoms with Gasteiger partial charge in [-0.3, -0.25) is 10.1 Å². The molecule has 0 amide bonds. The van der Waals surface area contributed by atoms with Crippen LogP contribution in [-0.4, -0.2) is 48.7 Å². The van der Waals surface area contributed by atoms with Gasteiger partial charge >= 0.3 is 0 Å². The Labute approximate surface area is 125 Å². The molecule has 6 heteroatoms. The van der Waals surface area contributed by atoms with Crippen LogP contribution in [0.1, 0.15) is 19.8 Å². The second kappa shape index (κ2) is 7.95. The number of nitro groups is 1. The van der Waals surface area contributed by atoms with Gasteiger partial charge in [-0.15, -0.1) is 0 Å². The van der Waals surface area contributed by atoms with Gasteiger partial charge in [0.05, 0.1) is 4.92 Å². The molecular formula is C15H23N3O3. The first-order valence-electron chi connectivity index (χ1n) is 7.48. The van der Waals surface area contributed by atoms with Crippen LogP contribution in [0.3, 0.4) is 0 Å². The zero-order valence-corrected chi connectivity index (χ0v) is 12.5. The molecule has 0 saturated carbocycles. The van der Waals surface area contributed by atoms with Crippen LogP contribution in [0.5, 0.6) is 5.75 Å². The van der Waals surface area contributed by atoms with Gasteiger partial charge in [-0.25, -0.2) is 0 Å². The van der Waals surface area contributed by atoms with Gasteiger partial charge in [0, 0.05) is 31.3 Å². The van der Waals surface area contributed by atoms with E-state index in [1.807, 2.05) is 0 Å². The summed E-state index contributed by atoms with van der Waals surface area (Å²) in [6, 6.07) is 6.62. The lowest BCUT2D eigenvalue weighted by atomic mass is 10.3. The third-order valence-electron chi connectivity index (χ3n) is 3.64. The zero-order chi connectivity index (χ0) is 15.1. The van der Waals surface area contributed by atoms with Crippen LogP contribution in [0, 0.1) is 10.1 Å². The number of nitrogens with zero attached hydrogens (tertiary/aromatic N) is 2. The van der Waals surface area contributed by atoms with Crippen LogP contribution in [0.4, 0.5) is 5.69 Å². The standard InChI is InChI=1S/C15H23N3O3/c1-13(12-17-9-2-3-10-17)16-8-11-21-15-6-4-14(5-7-15)18(19)20/h4-7,13,16H,2-3,8-12H2,1H3. The summed E-state index contributed by atoms with van der Waals surface area (Å²) in [6.07, 6.45) is 2.63. The van der Waals surface area contributed by atoms with Crippen molar-refractivity contribution in [2.45, 2.75) is 25.8 Å². The van der Waals surface area contributed by atoms with Crippen molar-refractivity contribution in [1.29, 1.82) is 0 Å². The highest BCUT2D eigenvalue weighted by Crippen LogP contribution is 2.17. The molecule has 1 atom stereocenters. The van der Waals surface area contributed by atoms with E-state index >= 15 is 0 Å². The fourth-order valence-corrected chi connectivity index (χ4v) is 2.56. The lowest BCUT2D eigenvalue weighted by molar-refractivity contribution is -0.384. The lowest BCUT2D eigenvalue weighted by Gasteiger charge is -2.21. The van der Waals surface area contributed by atoms with E-state index in [4.69, 9.17) is 4.74 Å². The van der Waals surface area contributed by atoms with Crippen LogP contribution < -0.4 is 10.1 Å². The molecule has 1 aromatic rings. The van der Waals surface area contributed by atoms with Crippen LogP contribution in [0.15, 0.2) is 24.3 Å². The molecule has 1 heterocycles.